The van der Waals surface area contributed by atoms with Crippen molar-refractivity contribution >= 4 is 17.7 Å². The number of hydrogen-bond donors (Lipinski definition) is 1. The van der Waals surface area contributed by atoms with E-state index < -0.39 is 23.9 Å². The maximum Gasteiger partial charge on any atom is 0.321 e. The van der Waals surface area contributed by atoms with Gasteiger partial charge in [-0.05, 0) is 29.9 Å². The van der Waals surface area contributed by atoms with Crippen molar-refractivity contribution in [3.05, 3.63) is 108 Å². The molecule has 0 radical (unpaired) electrons. The molecule has 0 aromatic heterocycles. The first kappa shape index (κ1) is 26.3. The molecule has 3 aromatic carbocycles. The van der Waals surface area contributed by atoms with Gasteiger partial charge in [0.05, 0.1) is 25.2 Å². The Morgan fingerprint density at radius 1 is 0.775 bits per heavy atom. The van der Waals surface area contributed by atoms with E-state index in [1.54, 1.807) is 9.80 Å². The SMILES string of the molecule is O=C(c1ccccc1)C1C(c2ccccc2)C(C(=O)NCC2CC2)N(C(=O)N2CCOCC2)C1c1ccccc1. The number of carbonyl (C=O) groups is 3. The average Bonchev–Trinajstić information content (AvgIpc) is 3.79. The van der Waals surface area contributed by atoms with Crippen LogP contribution in [0, 0.1) is 11.8 Å². The number of morpholine rings is 1. The molecular weight excluding hydrogens is 502 g/mol. The highest BCUT2D eigenvalue weighted by molar-refractivity contribution is 6.01. The number of hydrogen-bond acceptors (Lipinski definition) is 4. The molecule has 7 heteroatoms. The van der Waals surface area contributed by atoms with Crippen LogP contribution >= 0.6 is 0 Å². The molecule has 1 saturated carbocycles. The number of nitrogens with one attached hydrogen (secondary N) is 1. The van der Waals surface area contributed by atoms with Gasteiger partial charge >= 0.3 is 6.03 Å². The Morgan fingerprint density at radius 2 is 1.35 bits per heavy atom. The molecule has 0 spiro atoms. The fourth-order valence-corrected chi connectivity index (χ4v) is 6.21. The van der Waals surface area contributed by atoms with Gasteiger partial charge in [0.1, 0.15) is 6.04 Å². The number of urea groups is 1. The van der Waals surface area contributed by atoms with Crippen LogP contribution in [0.2, 0.25) is 0 Å². The van der Waals surface area contributed by atoms with Crippen molar-refractivity contribution in [1.82, 2.24) is 15.1 Å². The van der Waals surface area contributed by atoms with Crippen LogP contribution in [0.25, 0.3) is 0 Å². The number of carbonyl (C=O) groups excluding carboxylic acids is 3. The van der Waals surface area contributed by atoms with E-state index in [-0.39, 0.29) is 17.7 Å². The average molecular weight is 538 g/mol. The summed E-state index contributed by atoms with van der Waals surface area (Å²) in [6, 6.07) is 27.0. The number of nitrogens with zero attached hydrogens (tertiary/aromatic N) is 2. The van der Waals surface area contributed by atoms with E-state index in [1.165, 1.54) is 0 Å². The molecule has 3 aromatic rings. The number of Topliss-reactive ketones (excluding diaryl/α,β-unsaturated/α-hetero) is 1. The standard InChI is InChI=1S/C33H35N3O4/c37-31(26-14-8-3-9-15-26)28-27(24-10-4-1-5-11-24)30(32(38)34-22-23-16-17-23)36(29(28)25-12-6-2-7-13-25)33(39)35-18-20-40-21-19-35/h1-15,23,27-30H,16-22H2,(H,34,38). The topological polar surface area (TPSA) is 79.0 Å². The van der Waals surface area contributed by atoms with E-state index in [9.17, 15) is 14.4 Å². The van der Waals surface area contributed by atoms with E-state index in [4.69, 9.17) is 4.74 Å². The predicted octanol–water partition coefficient (Wildman–Crippen LogP) is 4.67. The van der Waals surface area contributed by atoms with E-state index in [0.29, 0.717) is 44.3 Å². The van der Waals surface area contributed by atoms with Gasteiger partial charge in [-0.3, -0.25) is 9.59 Å². The van der Waals surface area contributed by atoms with Crippen molar-refractivity contribution in [2.45, 2.75) is 30.8 Å². The van der Waals surface area contributed by atoms with E-state index in [0.717, 1.165) is 24.0 Å². The molecule has 0 bridgehead atoms. The second kappa shape index (κ2) is 11.6. The summed E-state index contributed by atoms with van der Waals surface area (Å²) in [4.78, 5) is 46.6. The van der Waals surface area contributed by atoms with Crippen molar-refractivity contribution < 1.29 is 19.1 Å². The third-order valence-corrected chi connectivity index (χ3v) is 8.39. The van der Waals surface area contributed by atoms with Crippen molar-refractivity contribution in [2.75, 3.05) is 32.8 Å². The molecule has 1 aliphatic carbocycles. The summed E-state index contributed by atoms with van der Waals surface area (Å²) in [6.45, 7) is 2.37. The van der Waals surface area contributed by atoms with Gasteiger partial charge in [0.15, 0.2) is 5.78 Å². The van der Waals surface area contributed by atoms with Gasteiger partial charge in [-0.25, -0.2) is 4.79 Å². The Labute approximate surface area is 235 Å². The fourth-order valence-electron chi connectivity index (χ4n) is 6.21. The van der Waals surface area contributed by atoms with E-state index in [2.05, 4.69) is 5.32 Å². The number of amides is 3. The third-order valence-electron chi connectivity index (χ3n) is 8.39. The summed E-state index contributed by atoms with van der Waals surface area (Å²) in [5.41, 5.74) is 2.30. The summed E-state index contributed by atoms with van der Waals surface area (Å²) in [5.74, 6) is -0.972. The third kappa shape index (κ3) is 5.26. The van der Waals surface area contributed by atoms with Crippen LogP contribution in [0.4, 0.5) is 4.79 Å². The zero-order chi connectivity index (χ0) is 27.5. The minimum atomic E-state index is -0.848. The normalized spacial score (nSPS) is 24.5. The molecule has 1 N–H and O–H groups in total. The van der Waals surface area contributed by atoms with Gasteiger partial charge in [-0.15, -0.1) is 0 Å². The lowest BCUT2D eigenvalue weighted by Gasteiger charge is -2.37. The first-order chi connectivity index (χ1) is 19.6. The molecule has 3 fully saturated rings. The highest BCUT2D eigenvalue weighted by Gasteiger charge is 2.58. The molecule has 206 valence electrons. The molecule has 7 nitrogen and oxygen atoms in total. The smallest absolute Gasteiger partial charge is 0.321 e. The largest absolute Gasteiger partial charge is 0.378 e. The highest BCUT2D eigenvalue weighted by Crippen LogP contribution is 2.51. The van der Waals surface area contributed by atoms with Crippen molar-refractivity contribution in [3.8, 4) is 0 Å². The van der Waals surface area contributed by atoms with Crippen LogP contribution in [-0.4, -0.2) is 66.4 Å². The molecule has 40 heavy (non-hydrogen) atoms. The molecule has 2 aliphatic heterocycles. The summed E-state index contributed by atoms with van der Waals surface area (Å²) < 4.78 is 5.53. The Bertz CT molecular complexity index is 1320. The molecule has 2 saturated heterocycles. The first-order valence-electron chi connectivity index (χ1n) is 14.3. The van der Waals surface area contributed by atoms with Gasteiger partial charge < -0.3 is 19.9 Å². The van der Waals surface area contributed by atoms with Gasteiger partial charge in [0.2, 0.25) is 5.91 Å². The summed E-state index contributed by atoms with van der Waals surface area (Å²) >= 11 is 0. The second-order valence-corrected chi connectivity index (χ2v) is 11.0. The van der Waals surface area contributed by atoms with E-state index in [1.807, 2.05) is 91.0 Å². The highest BCUT2D eigenvalue weighted by atomic mass is 16.5. The lowest BCUT2D eigenvalue weighted by Crippen LogP contribution is -2.55. The number of likely N-dealkylation sites (tertiary alicyclic amines) is 1. The zero-order valence-corrected chi connectivity index (χ0v) is 22.5. The quantitative estimate of drug-likeness (QED) is 0.444. The van der Waals surface area contributed by atoms with Crippen LogP contribution in [0.1, 0.15) is 46.3 Å². The van der Waals surface area contributed by atoms with Gasteiger partial charge in [-0.1, -0.05) is 91.0 Å². The Morgan fingerprint density at radius 3 is 1.95 bits per heavy atom. The monoisotopic (exact) mass is 537 g/mol. The van der Waals surface area contributed by atoms with Crippen molar-refractivity contribution in [2.24, 2.45) is 11.8 Å². The number of rotatable bonds is 7. The molecule has 3 amide bonds. The van der Waals surface area contributed by atoms with Gasteiger partial charge in [0, 0.05) is 31.1 Å². The maximum absolute atomic E-state index is 14.5. The molecule has 3 aliphatic rings. The Hall–Kier alpha value is -3.97. The van der Waals surface area contributed by atoms with Gasteiger partial charge in [-0.2, -0.15) is 0 Å². The minimum Gasteiger partial charge on any atom is -0.378 e. The van der Waals surface area contributed by atoms with Crippen LogP contribution in [-0.2, 0) is 9.53 Å². The van der Waals surface area contributed by atoms with Crippen LogP contribution in [0.3, 0.4) is 0 Å². The summed E-state index contributed by atoms with van der Waals surface area (Å²) in [5, 5.41) is 3.16. The maximum atomic E-state index is 14.5. The first-order valence-corrected chi connectivity index (χ1v) is 14.3. The van der Waals surface area contributed by atoms with Crippen LogP contribution in [0.15, 0.2) is 91.0 Å². The summed E-state index contributed by atoms with van der Waals surface area (Å²) in [7, 11) is 0. The molecule has 6 rings (SSSR count). The lowest BCUT2D eigenvalue weighted by atomic mass is 9.76. The van der Waals surface area contributed by atoms with Crippen molar-refractivity contribution in [3.63, 3.8) is 0 Å². The zero-order valence-electron chi connectivity index (χ0n) is 22.5. The van der Waals surface area contributed by atoms with Crippen molar-refractivity contribution in [1.29, 1.82) is 0 Å². The Balaban J connectivity index is 1.52. The second-order valence-electron chi connectivity index (χ2n) is 11.0. The lowest BCUT2D eigenvalue weighted by molar-refractivity contribution is -0.125. The Kier molecular flexibility index (Phi) is 7.64. The van der Waals surface area contributed by atoms with Crippen LogP contribution in [0.5, 0.6) is 0 Å². The minimum absolute atomic E-state index is 0.0689. The summed E-state index contributed by atoms with van der Waals surface area (Å²) in [6.07, 6.45) is 2.20. The van der Waals surface area contributed by atoms with Crippen LogP contribution < -0.4 is 5.32 Å². The predicted molar refractivity (Wildman–Crippen MR) is 152 cm³/mol. The van der Waals surface area contributed by atoms with Gasteiger partial charge in [0.25, 0.3) is 0 Å². The number of ketones is 1. The molecular formula is C33H35N3O4. The molecule has 4 unspecified atom stereocenters. The molecule has 4 atom stereocenters. The molecule has 2 heterocycles. The fraction of sp³-hybridized carbons (Fsp3) is 0.364. The van der Waals surface area contributed by atoms with E-state index >= 15 is 0 Å². The number of ether oxygens (including phenoxy) is 1. The number of benzene rings is 3.